The summed E-state index contributed by atoms with van der Waals surface area (Å²) in [7, 11) is 4.18. The quantitative estimate of drug-likeness (QED) is 0.832. The van der Waals surface area contributed by atoms with Crippen molar-refractivity contribution in [3.05, 3.63) is 36.1 Å². The second kappa shape index (κ2) is 6.91. The molecule has 0 fully saturated rings. The molecule has 2 atom stereocenters. The molecule has 1 N–H and O–H groups in total. The lowest BCUT2D eigenvalue weighted by Crippen LogP contribution is -2.36. The van der Waals surface area contributed by atoms with Crippen LogP contribution in [0.2, 0.25) is 0 Å². The van der Waals surface area contributed by atoms with Gasteiger partial charge in [-0.05, 0) is 39.6 Å². The summed E-state index contributed by atoms with van der Waals surface area (Å²) in [5.41, 5.74) is 0.965. The smallest absolute Gasteiger partial charge is 0.134 e. The Morgan fingerprint density at radius 3 is 2.70 bits per heavy atom. The molecule has 1 heterocycles. The monoisotopic (exact) mass is 274 g/mol. The fourth-order valence-electron chi connectivity index (χ4n) is 2.60. The Labute approximate surface area is 122 Å². The molecule has 2 unspecified atom stereocenters. The first kappa shape index (κ1) is 15.1. The summed E-state index contributed by atoms with van der Waals surface area (Å²) in [6.45, 7) is 5.48. The second-order valence-electron chi connectivity index (χ2n) is 5.61. The largest absolute Gasteiger partial charge is 0.459 e. The van der Waals surface area contributed by atoms with Gasteiger partial charge >= 0.3 is 0 Å². The summed E-state index contributed by atoms with van der Waals surface area (Å²) >= 11 is 0. The molecule has 0 radical (unpaired) electrons. The molecular weight excluding hydrogens is 248 g/mol. The summed E-state index contributed by atoms with van der Waals surface area (Å²) in [6.07, 6.45) is 2.45. The van der Waals surface area contributed by atoms with E-state index in [9.17, 15) is 0 Å². The minimum absolute atomic E-state index is 0.228. The highest BCUT2D eigenvalue weighted by Crippen LogP contribution is 2.24. The van der Waals surface area contributed by atoms with Crippen molar-refractivity contribution in [3.63, 3.8) is 0 Å². The molecule has 20 heavy (non-hydrogen) atoms. The highest BCUT2D eigenvalue weighted by Gasteiger charge is 2.18. The van der Waals surface area contributed by atoms with Gasteiger partial charge in [0.25, 0.3) is 0 Å². The zero-order chi connectivity index (χ0) is 14.5. The van der Waals surface area contributed by atoms with Gasteiger partial charge in [-0.25, -0.2) is 0 Å². The third-order valence-corrected chi connectivity index (χ3v) is 4.07. The van der Waals surface area contributed by atoms with Crippen molar-refractivity contribution >= 4 is 11.0 Å². The van der Waals surface area contributed by atoms with Crippen LogP contribution in [0, 0.1) is 0 Å². The zero-order valence-electron chi connectivity index (χ0n) is 13.0. The van der Waals surface area contributed by atoms with Crippen molar-refractivity contribution in [2.45, 2.75) is 38.8 Å². The van der Waals surface area contributed by atoms with E-state index in [1.807, 2.05) is 25.2 Å². The summed E-state index contributed by atoms with van der Waals surface area (Å²) in [5.74, 6) is 1.02. The van der Waals surface area contributed by atoms with Crippen molar-refractivity contribution in [1.29, 1.82) is 0 Å². The van der Waals surface area contributed by atoms with Gasteiger partial charge < -0.3 is 14.6 Å². The Kier molecular flexibility index (Phi) is 5.21. The van der Waals surface area contributed by atoms with Crippen LogP contribution < -0.4 is 5.32 Å². The van der Waals surface area contributed by atoms with Crippen molar-refractivity contribution < 1.29 is 4.42 Å². The van der Waals surface area contributed by atoms with Crippen LogP contribution in [0.5, 0.6) is 0 Å². The van der Waals surface area contributed by atoms with Gasteiger partial charge in [0.2, 0.25) is 0 Å². The number of fused-ring (bicyclic) bond motifs is 1. The third-order valence-electron chi connectivity index (χ3n) is 4.07. The van der Waals surface area contributed by atoms with Crippen LogP contribution >= 0.6 is 0 Å². The number of para-hydroxylation sites is 1. The topological polar surface area (TPSA) is 28.4 Å². The van der Waals surface area contributed by atoms with Gasteiger partial charge in [-0.3, -0.25) is 0 Å². The number of benzene rings is 1. The van der Waals surface area contributed by atoms with E-state index in [1.165, 1.54) is 18.2 Å². The number of rotatable bonds is 7. The molecule has 0 saturated carbocycles. The molecule has 3 heteroatoms. The van der Waals surface area contributed by atoms with E-state index in [4.69, 9.17) is 4.42 Å². The normalized spacial score (nSPS) is 14.8. The zero-order valence-corrected chi connectivity index (χ0v) is 13.0. The van der Waals surface area contributed by atoms with Crippen molar-refractivity contribution in [2.24, 2.45) is 0 Å². The van der Waals surface area contributed by atoms with E-state index >= 15 is 0 Å². The highest BCUT2D eigenvalue weighted by atomic mass is 16.3. The third kappa shape index (κ3) is 3.41. The van der Waals surface area contributed by atoms with Crippen LogP contribution in [0.3, 0.4) is 0 Å². The van der Waals surface area contributed by atoms with Gasteiger partial charge in [-0.2, -0.15) is 0 Å². The molecule has 2 aromatic rings. The molecule has 3 nitrogen and oxygen atoms in total. The molecule has 0 aliphatic rings. The van der Waals surface area contributed by atoms with Crippen LogP contribution in [0.25, 0.3) is 11.0 Å². The average Bonchev–Trinajstić information content (AvgIpc) is 2.88. The molecule has 2 rings (SSSR count). The van der Waals surface area contributed by atoms with Gasteiger partial charge in [0.1, 0.15) is 11.3 Å². The van der Waals surface area contributed by atoms with E-state index in [0.29, 0.717) is 6.04 Å². The molecule has 1 aromatic heterocycles. The number of hydrogen-bond acceptors (Lipinski definition) is 3. The van der Waals surface area contributed by atoms with Gasteiger partial charge in [0, 0.05) is 18.0 Å². The highest BCUT2D eigenvalue weighted by molar-refractivity contribution is 5.77. The number of hydrogen-bond donors (Lipinski definition) is 1. The first-order chi connectivity index (χ1) is 9.65. The number of nitrogens with one attached hydrogen (secondary N) is 1. The SMILES string of the molecule is CCCC(C)N(C)CC(NC)c1cc2ccccc2o1. The van der Waals surface area contributed by atoms with E-state index in [0.717, 1.165) is 17.9 Å². The average molecular weight is 274 g/mol. The molecule has 0 spiro atoms. The van der Waals surface area contributed by atoms with Gasteiger partial charge in [0.05, 0.1) is 6.04 Å². The van der Waals surface area contributed by atoms with Crippen LogP contribution in [-0.2, 0) is 0 Å². The van der Waals surface area contributed by atoms with Crippen LogP contribution in [-0.4, -0.2) is 31.6 Å². The van der Waals surface area contributed by atoms with Crippen molar-refractivity contribution in [2.75, 3.05) is 20.6 Å². The molecule has 1 aromatic carbocycles. The summed E-state index contributed by atoms with van der Waals surface area (Å²) in [6, 6.07) is 11.2. The molecular formula is C17H26N2O. The number of nitrogens with zero attached hydrogens (tertiary/aromatic N) is 1. The molecule has 110 valence electrons. The van der Waals surface area contributed by atoms with Crippen LogP contribution in [0.4, 0.5) is 0 Å². The lowest BCUT2D eigenvalue weighted by atomic mass is 10.1. The van der Waals surface area contributed by atoms with E-state index in [-0.39, 0.29) is 6.04 Å². The fraction of sp³-hybridized carbons (Fsp3) is 0.529. The summed E-state index contributed by atoms with van der Waals surface area (Å²) in [4.78, 5) is 2.40. The molecule has 0 aliphatic heterocycles. The van der Waals surface area contributed by atoms with Gasteiger partial charge in [-0.15, -0.1) is 0 Å². The summed E-state index contributed by atoms with van der Waals surface area (Å²) in [5, 5.41) is 4.54. The van der Waals surface area contributed by atoms with Gasteiger partial charge in [-0.1, -0.05) is 31.5 Å². The van der Waals surface area contributed by atoms with Crippen molar-refractivity contribution in [3.8, 4) is 0 Å². The Morgan fingerprint density at radius 1 is 1.30 bits per heavy atom. The van der Waals surface area contributed by atoms with E-state index < -0.39 is 0 Å². The maximum absolute atomic E-state index is 5.97. The maximum atomic E-state index is 5.97. The Morgan fingerprint density at radius 2 is 2.05 bits per heavy atom. The first-order valence-electron chi connectivity index (χ1n) is 7.51. The minimum Gasteiger partial charge on any atom is -0.459 e. The summed E-state index contributed by atoms with van der Waals surface area (Å²) < 4.78 is 5.97. The second-order valence-corrected chi connectivity index (χ2v) is 5.61. The molecule has 0 amide bonds. The predicted octanol–water partition coefficient (Wildman–Crippen LogP) is 3.81. The van der Waals surface area contributed by atoms with E-state index in [1.54, 1.807) is 0 Å². The fourth-order valence-corrected chi connectivity index (χ4v) is 2.60. The lowest BCUT2D eigenvalue weighted by molar-refractivity contribution is 0.213. The van der Waals surface area contributed by atoms with Crippen LogP contribution in [0.1, 0.15) is 38.5 Å². The van der Waals surface area contributed by atoms with Gasteiger partial charge in [0.15, 0.2) is 0 Å². The predicted molar refractivity (Wildman–Crippen MR) is 85.0 cm³/mol. The number of furan rings is 1. The number of likely N-dealkylation sites (N-methyl/N-ethyl adjacent to an activating group) is 2. The standard InChI is InChI=1S/C17H26N2O/c1-5-8-13(2)19(4)12-15(18-3)17-11-14-9-6-7-10-16(14)20-17/h6-7,9-11,13,15,18H,5,8,12H2,1-4H3. The van der Waals surface area contributed by atoms with E-state index in [2.05, 4.69) is 43.2 Å². The lowest BCUT2D eigenvalue weighted by Gasteiger charge is -2.28. The minimum atomic E-state index is 0.228. The molecule has 0 bridgehead atoms. The Balaban J connectivity index is 2.11. The molecule has 0 saturated heterocycles. The first-order valence-corrected chi connectivity index (χ1v) is 7.51. The molecule has 0 aliphatic carbocycles. The Bertz CT molecular complexity index is 502. The van der Waals surface area contributed by atoms with Crippen molar-refractivity contribution in [1.82, 2.24) is 10.2 Å². The maximum Gasteiger partial charge on any atom is 0.134 e. The van der Waals surface area contributed by atoms with Crippen LogP contribution in [0.15, 0.2) is 34.7 Å². The Hall–Kier alpha value is -1.32.